The summed E-state index contributed by atoms with van der Waals surface area (Å²) in [5.74, 6) is -1.40. The summed E-state index contributed by atoms with van der Waals surface area (Å²) in [6.45, 7) is 2.77. The van der Waals surface area contributed by atoms with E-state index >= 15 is 0 Å². The van der Waals surface area contributed by atoms with Gasteiger partial charge in [-0.1, -0.05) is 12.1 Å². The first-order valence-corrected chi connectivity index (χ1v) is 14.3. The number of hydrogen-bond donors (Lipinski definition) is 0. The van der Waals surface area contributed by atoms with Crippen LogP contribution in [0.1, 0.15) is 48.8 Å². The van der Waals surface area contributed by atoms with E-state index in [0.717, 1.165) is 4.90 Å². The molecule has 4 amide bonds. The van der Waals surface area contributed by atoms with Gasteiger partial charge in [-0.3, -0.25) is 14.5 Å². The van der Waals surface area contributed by atoms with E-state index in [0.29, 0.717) is 50.0 Å². The van der Waals surface area contributed by atoms with Gasteiger partial charge in [-0.25, -0.2) is 9.18 Å². The number of halogens is 7. The SMILES string of the molecule is CC(=O)N1CCC(C(=O)N2CC[C@@H](N3CCN(c4cc(C(F)(F)F)cc(C(F)(F)F)c4)C3=O)[C@H](c3ccc(F)cc3)C2)CC1. The maximum atomic E-state index is 13.8. The zero-order valence-corrected chi connectivity index (χ0v) is 23.8. The number of hydrogen-bond acceptors (Lipinski definition) is 3. The van der Waals surface area contributed by atoms with E-state index < -0.39 is 53.0 Å². The van der Waals surface area contributed by atoms with Gasteiger partial charge in [0.1, 0.15) is 5.82 Å². The molecule has 2 aromatic rings. The van der Waals surface area contributed by atoms with Crippen molar-refractivity contribution in [3.8, 4) is 0 Å². The first kappa shape index (κ1) is 31.6. The summed E-state index contributed by atoms with van der Waals surface area (Å²) in [4.78, 5) is 44.5. The second-order valence-corrected chi connectivity index (χ2v) is 11.5. The Morgan fingerprint density at radius 2 is 1.34 bits per heavy atom. The van der Waals surface area contributed by atoms with Crippen LogP contribution in [-0.4, -0.2) is 77.9 Å². The van der Waals surface area contributed by atoms with Crippen molar-refractivity contribution in [3.63, 3.8) is 0 Å². The number of benzene rings is 2. The highest BCUT2D eigenvalue weighted by Crippen LogP contribution is 2.40. The van der Waals surface area contributed by atoms with E-state index in [1.807, 2.05) is 0 Å². The van der Waals surface area contributed by atoms with Crippen LogP contribution in [0.25, 0.3) is 0 Å². The minimum absolute atomic E-state index is 0.0169. The third-order valence-corrected chi connectivity index (χ3v) is 8.80. The summed E-state index contributed by atoms with van der Waals surface area (Å²) in [6, 6.07) is 5.40. The first-order chi connectivity index (χ1) is 20.6. The fraction of sp³-hybridized carbons (Fsp3) is 0.500. The van der Waals surface area contributed by atoms with Crippen molar-refractivity contribution < 1.29 is 45.1 Å². The average molecular weight is 629 g/mol. The van der Waals surface area contributed by atoms with Crippen molar-refractivity contribution in [3.05, 3.63) is 65.0 Å². The van der Waals surface area contributed by atoms with Gasteiger partial charge >= 0.3 is 18.4 Å². The van der Waals surface area contributed by atoms with Crippen molar-refractivity contribution in [2.45, 2.75) is 50.5 Å². The van der Waals surface area contributed by atoms with Crippen LogP contribution in [0.2, 0.25) is 0 Å². The Kier molecular flexibility index (Phi) is 8.56. The third kappa shape index (κ3) is 6.48. The van der Waals surface area contributed by atoms with Gasteiger partial charge in [0.05, 0.1) is 11.1 Å². The van der Waals surface area contributed by atoms with Crippen LogP contribution in [0.5, 0.6) is 0 Å². The molecular formula is C30H31F7N4O3. The molecule has 0 saturated carbocycles. The van der Waals surface area contributed by atoms with E-state index in [4.69, 9.17) is 0 Å². The van der Waals surface area contributed by atoms with Crippen LogP contribution in [0, 0.1) is 11.7 Å². The normalized spacial score (nSPS) is 22.1. The molecule has 2 aromatic carbocycles. The number of piperidine rings is 2. The van der Waals surface area contributed by atoms with E-state index in [2.05, 4.69) is 0 Å². The highest BCUT2D eigenvalue weighted by Gasteiger charge is 2.44. The molecular weight excluding hydrogens is 597 g/mol. The predicted octanol–water partition coefficient (Wildman–Crippen LogP) is 5.75. The van der Waals surface area contributed by atoms with Crippen LogP contribution in [-0.2, 0) is 21.9 Å². The van der Waals surface area contributed by atoms with Crippen molar-refractivity contribution in [1.29, 1.82) is 0 Å². The molecule has 7 nitrogen and oxygen atoms in total. The Morgan fingerprint density at radius 3 is 1.89 bits per heavy atom. The van der Waals surface area contributed by atoms with Gasteiger partial charge in [-0.15, -0.1) is 0 Å². The molecule has 3 saturated heterocycles. The minimum atomic E-state index is -5.06. The van der Waals surface area contributed by atoms with Crippen molar-refractivity contribution in [2.24, 2.45) is 5.92 Å². The second kappa shape index (κ2) is 11.9. The Hall–Kier alpha value is -3.84. The molecule has 0 unspecified atom stereocenters. The quantitative estimate of drug-likeness (QED) is 0.406. The van der Waals surface area contributed by atoms with Crippen molar-refractivity contribution in [1.82, 2.24) is 14.7 Å². The number of amides is 4. The van der Waals surface area contributed by atoms with Gasteiger partial charge in [0.25, 0.3) is 0 Å². The first-order valence-electron chi connectivity index (χ1n) is 14.3. The molecule has 0 aliphatic carbocycles. The van der Waals surface area contributed by atoms with Crippen LogP contribution < -0.4 is 4.90 Å². The number of carbonyl (C=O) groups excluding carboxylic acids is 3. The van der Waals surface area contributed by atoms with E-state index in [9.17, 15) is 45.1 Å². The molecule has 0 spiro atoms. The van der Waals surface area contributed by atoms with Gasteiger partial charge in [0.2, 0.25) is 11.8 Å². The predicted molar refractivity (Wildman–Crippen MR) is 145 cm³/mol. The Bertz CT molecular complexity index is 1370. The molecule has 0 aromatic heterocycles. The average Bonchev–Trinajstić information content (AvgIpc) is 3.36. The number of likely N-dealkylation sites (tertiary alicyclic amines) is 2. The van der Waals surface area contributed by atoms with Gasteiger partial charge < -0.3 is 14.7 Å². The molecule has 3 fully saturated rings. The zero-order valence-electron chi connectivity index (χ0n) is 23.8. The number of carbonyl (C=O) groups is 3. The standard InChI is InChI=1S/C30H31F7N4O3/c1-18(42)38-9-6-20(7-10-38)27(43)39-11-8-26(25(17-39)19-2-4-23(31)5-3-19)41-13-12-40(28(41)44)24-15-21(29(32,33)34)14-22(16-24)30(35,36)37/h2-5,14-16,20,25-26H,6-13,17H2,1H3/t25-,26+/m0/s1. The summed E-state index contributed by atoms with van der Waals surface area (Å²) < 4.78 is 94.7. The Balaban J connectivity index is 1.39. The lowest BCUT2D eigenvalue weighted by molar-refractivity contribution is -0.143. The van der Waals surface area contributed by atoms with E-state index in [-0.39, 0.29) is 50.0 Å². The molecule has 5 rings (SSSR count). The second-order valence-electron chi connectivity index (χ2n) is 11.5. The third-order valence-electron chi connectivity index (χ3n) is 8.80. The minimum Gasteiger partial charge on any atom is -0.343 e. The molecule has 3 aliphatic heterocycles. The summed E-state index contributed by atoms with van der Waals surface area (Å²) in [6.07, 6.45) is -8.80. The molecule has 0 bridgehead atoms. The number of rotatable bonds is 4. The van der Waals surface area contributed by atoms with E-state index in [1.165, 1.54) is 24.0 Å². The lowest BCUT2D eigenvalue weighted by atomic mass is 9.84. The van der Waals surface area contributed by atoms with Gasteiger partial charge in [0.15, 0.2) is 0 Å². The monoisotopic (exact) mass is 628 g/mol. The molecule has 0 N–H and O–H groups in total. The lowest BCUT2D eigenvalue weighted by Gasteiger charge is -2.44. The molecule has 3 aliphatic rings. The summed E-state index contributed by atoms with van der Waals surface area (Å²) in [5.41, 5.74) is -2.90. The summed E-state index contributed by atoms with van der Waals surface area (Å²) in [7, 11) is 0. The molecule has 44 heavy (non-hydrogen) atoms. The Labute approximate surface area is 249 Å². The maximum absolute atomic E-state index is 13.8. The van der Waals surface area contributed by atoms with Crippen LogP contribution in [0.4, 0.5) is 41.2 Å². The number of urea groups is 1. The molecule has 14 heteroatoms. The van der Waals surface area contributed by atoms with Gasteiger partial charge in [-0.2, -0.15) is 26.3 Å². The van der Waals surface area contributed by atoms with Crippen molar-refractivity contribution in [2.75, 3.05) is 44.2 Å². The van der Waals surface area contributed by atoms with Gasteiger partial charge in [-0.05, 0) is 55.2 Å². The van der Waals surface area contributed by atoms with Crippen LogP contribution >= 0.6 is 0 Å². The number of anilines is 1. The molecule has 238 valence electrons. The topological polar surface area (TPSA) is 64.2 Å². The molecule has 0 radical (unpaired) electrons. The number of alkyl halides is 6. The number of nitrogens with zero attached hydrogens (tertiary/aromatic N) is 4. The fourth-order valence-corrected chi connectivity index (χ4v) is 6.45. The molecule has 3 heterocycles. The Morgan fingerprint density at radius 1 is 0.773 bits per heavy atom. The van der Waals surface area contributed by atoms with Crippen LogP contribution in [0.15, 0.2) is 42.5 Å². The fourth-order valence-electron chi connectivity index (χ4n) is 6.45. The summed E-state index contributed by atoms with van der Waals surface area (Å²) >= 11 is 0. The highest BCUT2D eigenvalue weighted by atomic mass is 19.4. The highest BCUT2D eigenvalue weighted by molar-refractivity contribution is 5.94. The zero-order chi connectivity index (χ0) is 32.0. The maximum Gasteiger partial charge on any atom is 0.416 e. The smallest absolute Gasteiger partial charge is 0.343 e. The van der Waals surface area contributed by atoms with Crippen LogP contribution in [0.3, 0.4) is 0 Å². The lowest BCUT2D eigenvalue weighted by Crippen LogP contribution is -2.54. The largest absolute Gasteiger partial charge is 0.416 e. The van der Waals surface area contributed by atoms with Crippen molar-refractivity contribution >= 4 is 23.5 Å². The van der Waals surface area contributed by atoms with Gasteiger partial charge in [0, 0.05) is 69.8 Å². The molecule has 2 atom stereocenters. The summed E-state index contributed by atoms with van der Waals surface area (Å²) in [5, 5.41) is 0. The van der Waals surface area contributed by atoms with E-state index in [1.54, 1.807) is 21.9 Å².